The fourth-order valence-corrected chi connectivity index (χ4v) is 9.23. The van der Waals surface area contributed by atoms with Crippen molar-refractivity contribution in [1.29, 1.82) is 0 Å². The van der Waals surface area contributed by atoms with E-state index in [1.807, 2.05) is 101 Å². The summed E-state index contributed by atoms with van der Waals surface area (Å²) in [6.45, 7) is 16.3. The van der Waals surface area contributed by atoms with E-state index >= 15 is 0 Å². The first kappa shape index (κ1) is 52.2. The predicted molar refractivity (Wildman–Crippen MR) is 248 cm³/mol. The molecule has 1 N–H and O–H groups in total. The topological polar surface area (TPSA) is 141 Å². The number of carbonyl (C=O) groups is 2. The van der Waals surface area contributed by atoms with Crippen molar-refractivity contribution in [1.82, 2.24) is 9.80 Å². The van der Waals surface area contributed by atoms with Gasteiger partial charge in [-0.25, -0.2) is 0 Å². The van der Waals surface area contributed by atoms with Gasteiger partial charge in [-0.3, -0.25) is 13.8 Å². The van der Waals surface area contributed by atoms with E-state index in [0.717, 1.165) is 67.2 Å². The van der Waals surface area contributed by atoms with Crippen molar-refractivity contribution < 1.29 is 77.2 Å². The molecule has 12 nitrogen and oxygen atoms in total. The Kier molecular flexibility index (Phi) is 18.7. The average molecular weight is 923 g/mol. The summed E-state index contributed by atoms with van der Waals surface area (Å²) in [5.74, 6) is 1.25. The number of hydrogen-bond donors (Lipinski definition) is 1. The largest absolute Gasteiger partial charge is 1.00 e. The van der Waals surface area contributed by atoms with Gasteiger partial charge in [0.15, 0.2) is 0 Å². The van der Waals surface area contributed by atoms with Crippen molar-refractivity contribution in [2.24, 2.45) is 11.8 Å². The molecule has 4 fully saturated rings. The quantitative estimate of drug-likeness (QED) is 0.158. The Labute approximate surface area is 409 Å². The Morgan fingerprint density at radius 1 is 0.754 bits per heavy atom. The van der Waals surface area contributed by atoms with Gasteiger partial charge in [0.1, 0.15) is 17.1 Å². The molecule has 65 heavy (non-hydrogen) atoms. The summed E-state index contributed by atoms with van der Waals surface area (Å²) in [6, 6.07) is 30.6. The molecule has 4 aliphatic heterocycles. The fraction of sp³-hybridized carbons (Fsp3) is 0.490. The monoisotopic (exact) mass is 922 g/mol. The minimum absolute atomic E-state index is 0. The summed E-state index contributed by atoms with van der Waals surface area (Å²) in [5, 5.41) is 11.5. The van der Waals surface area contributed by atoms with E-state index in [2.05, 4.69) is 24.3 Å². The molecule has 4 saturated heterocycles. The van der Waals surface area contributed by atoms with Gasteiger partial charge in [0.05, 0.1) is 37.3 Å². The second-order valence-electron chi connectivity index (χ2n) is 17.9. The number of rotatable bonds is 11. The number of carbonyl (C=O) groups excluding carboxylic acids is 2. The van der Waals surface area contributed by atoms with Crippen LogP contribution in [0.4, 0.5) is 0 Å². The van der Waals surface area contributed by atoms with Gasteiger partial charge in [-0.15, -0.1) is 0 Å². The van der Waals surface area contributed by atoms with E-state index in [0.29, 0.717) is 30.1 Å². The number of likely N-dealkylation sites (tertiary alicyclic amines) is 2. The molecule has 4 aliphatic rings. The first-order valence-electron chi connectivity index (χ1n) is 22.5. The normalized spacial score (nSPS) is 22.6. The second kappa shape index (κ2) is 23.3. The van der Waals surface area contributed by atoms with Gasteiger partial charge in [0.2, 0.25) is 0 Å². The molecule has 4 aromatic carbocycles. The van der Waals surface area contributed by atoms with Crippen LogP contribution in [0.25, 0.3) is 0 Å². The summed E-state index contributed by atoms with van der Waals surface area (Å²) in [6.07, 6.45) is 4.81. The molecule has 0 aliphatic carbocycles. The number of piperidine rings is 2. The summed E-state index contributed by atoms with van der Waals surface area (Å²) in [4.78, 5) is 29.9. The van der Waals surface area contributed by atoms with E-state index in [1.165, 1.54) is 18.4 Å². The summed E-state index contributed by atoms with van der Waals surface area (Å²) in [5.41, 5.74) is 3.52. The Morgan fingerprint density at radius 3 is 1.66 bits per heavy atom. The molecule has 0 saturated carbocycles. The van der Waals surface area contributed by atoms with E-state index < -0.39 is 21.6 Å². The third-order valence-electron chi connectivity index (χ3n) is 12.3. The van der Waals surface area contributed by atoms with E-state index in [1.54, 1.807) is 23.1 Å². The standard InChI is InChI=1S/C24H31NO6S.C23H27NO3.C4H8O.Na.H/c1-17(2)31-22-11-10-19(14-18(22)3)23(26)25-13-12-24(27,20-8-6-5-7-9-20)21(15-25)16-30-32(4,28)29;1-16(2)27-21-10-9-18(13-17(21)3)22(25)24-12-11-23(20(14-24)15-26-23)19-7-5-4-6-8-19;1-2-4-5-3-1;;/h5-11,14,17,21,27H,12-13,15-16H2,1-4H3;4-10,13,16,20H,11-12,14-15H2,1-3H3;1-4H2;;/q;;;+1;-1. The molecule has 4 unspecified atom stereocenters. The molecular formula is C51H67N2NaO10S. The van der Waals surface area contributed by atoms with Crippen molar-refractivity contribution in [2.75, 3.05) is 58.9 Å². The van der Waals surface area contributed by atoms with Gasteiger partial charge in [0, 0.05) is 62.4 Å². The number of ether oxygens (including phenoxy) is 4. The van der Waals surface area contributed by atoms with Crippen molar-refractivity contribution >= 4 is 21.9 Å². The van der Waals surface area contributed by atoms with Gasteiger partial charge >= 0.3 is 29.6 Å². The number of fused-ring (bicyclic) bond motifs is 1. The number of aryl methyl sites for hydroxylation is 2. The van der Waals surface area contributed by atoms with Gasteiger partial charge < -0.3 is 35.3 Å². The summed E-state index contributed by atoms with van der Waals surface area (Å²) in [7, 11) is -3.69. The molecule has 348 valence electrons. The number of amides is 2. The van der Waals surface area contributed by atoms with Crippen LogP contribution >= 0.6 is 0 Å². The van der Waals surface area contributed by atoms with Crippen LogP contribution in [0.5, 0.6) is 11.5 Å². The third-order valence-corrected chi connectivity index (χ3v) is 12.8. The van der Waals surface area contributed by atoms with Crippen LogP contribution < -0.4 is 39.0 Å². The zero-order valence-corrected chi connectivity index (χ0v) is 42.3. The molecule has 4 heterocycles. The van der Waals surface area contributed by atoms with Gasteiger partial charge in [0.25, 0.3) is 21.9 Å². The Morgan fingerprint density at radius 2 is 1.25 bits per heavy atom. The zero-order valence-electron chi connectivity index (χ0n) is 40.5. The van der Waals surface area contributed by atoms with Crippen LogP contribution in [0.1, 0.15) is 97.8 Å². The van der Waals surface area contributed by atoms with E-state index in [4.69, 9.17) is 23.1 Å². The Balaban J connectivity index is 0.000000255. The van der Waals surface area contributed by atoms with Crippen LogP contribution in [-0.4, -0.2) is 106 Å². The summed E-state index contributed by atoms with van der Waals surface area (Å²) >= 11 is 0. The number of aliphatic hydroxyl groups is 1. The third kappa shape index (κ3) is 13.4. The van der Waals surface area contributed by atoms with Crippen LogP contribution in [-0.2, 0) is 35.0 Å². The van der Waals surface area contributed by atoms with Gasteiger partial charge in [-0.1, -0.05) is 60.7 Å². The predicted octanol–water partition coefficient (Wildman–Crippen LogP) is 5.19. The molecule has 0 aromatic heterocycles. The van der Waals surface area contributed by atoms with Gasteiger partial charge in [-0.05, 0) is 126 Å². The van der Waals surface area contributed by atoms with Crippen LogP contribution in [0.15, 0.2) is 97.1 Å². The number of nitrogens with zero attached hydrogens (tertiary/aromatic N) is 2. The van der Waals surface area contributed by atoms with Crippen LogP contribution in [0.2, 0.25) is 0 Å². The molecule has 8 rings (SSSR count). The zero-order chi connectivity index (χ0) is 46.1. The minimum Gasteiger partial charge on any atom is -1.00 e. The molecule has 0 spiro atoms. The number of benzene rings is 4. The number of hydrogen-bond acceptors (Lipinski definition) is 10. The first-order valence-corrected chi connectivity index (χ1v) is 24.3. The maximum absolute atomic E-state index is 13.2. The maximum atomic E-state index is 13.2. The minimum atomic E-state index is -3.69. The molecule has 2 amide bonds. The SMILES string of the molecule is C1CCOC1.Cc1cc(C(=O)N2CCC(O)(c3ccccc3)C(COS(C)(=O)=O)C2)ccc1OC(C)C.Cc1cc(C(=O)N2CCC3(c4ccccc4)OCC3C2)ccc1OC(C)C.[H-].[Na+]. The average Bonchev–Trinajstić information content (AvgIpc) is 3.86. The summed E-state index contributed by atoms with van der Waals surface area (Å²) < 4.78 is 50.8. The van der Waals surface area contributed by atoms with E-state index in [9.17, 15) is 23.1 Å². The van der Waals surface area contributed by atoms with Crippen LogP contribution in [0, 0.1) is 25.7 Å². The second-order valence-corrected chi connectivity index (χ2v) is 19.5. The molecule has 4 aromatic rings. The molecule has 0 radical (unpaired) electrons. The van der Waals surface area contributed by atoms with Crippen molar-refractivity contribution in [3.8, 4) is 11.5 Å². The van der Waals surface area contributed by atoms with E-state index in [-0.39, 0.29) is 80.2 Å². The molecular weight excluding hydrogens is 856 g/mol. The van der Waals surface area contributed by atoms with Crippen molar-refractivity contribution in [2.45, 2.75) is 90.6 Å². The van der Waals surface area contributed by atoms with Crippen molar-refractivity contribution in [3.05, 3.63) is 130 Å². The fourth-order valence-electron chi connectivity index (χ4n) is 8.82. The molecule has 14 heteroatoms. The Hall–Kier alpha value is -3.79. The maximum Gasteiger partial charge on any atom is 1.00 e. The smallest absolute Gasteiger partial charge is 1.00 e. The van der Waals surface area contributed by atoms with Gasteiger partial charge in [-0.2, -0.15) is 8.42 Å². The van der Waals surface area contributed by atoms with Crippen molar-refractivity contribution in [3.63, 3.8) is 0 Å². The molecule has 0 bridgehead atoms. The Bertz CT molecular complexity index is 2290. The molecule has 4 atom stereocenters. The first-order chi connectivity index (χ1) is 30.5. The van der Waals surface area contributed by atoms with Crippen LogP contribution in [0.3, 0.4) is 0 Å².